The molecule has 5 aliphatic rings. The van der Waals surface area contributed by atoms with Crippen LogP contribution in [-0.4, -0.2) is 120 Å². The van der Waals surface area contributed by atoms with E-state index in [9.17, 15) is 9.59 Å². The second kappa shape index (κ2) is 10.8. The Morgan fingerprint density at radius 1 is 0.824 bits per heavy atom. The van der Waals surface area contributed by atoms with Gasteiger partial charge in [0.2, 0.25) is 11.8 Å². The molecule has 4 atom stereocenters. The molecule has 5 saturated heterocycles. The highest BCUT2D eigenvalue weighted by molar-refractivity contribution is 5.76. The molecule has 7 heteroatoms. The molecule has 5 aliphatic heterocycles. The highest BCUT2D eigenvalue weighted by atomic mass is 16.2. The first-order valence-electron chi connectivity index (χ1n) is 14.2. The quantitative estimate of drug-likeness (QED) is 0.612. The Balaban J connectivity index is 1.11. The molecule has 0 aromatic carbocycles. The zero-order valence-corrected chi connectivity index (χ0v) is 21.7. The summed E-state index contributed by atoms with van der Waals surface area (Å²) in [7, 11) is 2.22. The van der Waals surface area contributed by atoms with Crippen LogP contribution in [0.25, 0.3) is 0 Å². The second-order valence-electron chi connectivity index (χ2n) is 11.8. The Morgan fingerprint density at radius 3 is 2.24 bits per heavy atom. The van der Waals surface area contributed by atoms with Crippen LogP contribution in [0.3, 0.4) is 0 Å². The fourth-order valence-corrected chi connectivity index (χ4v) is 8.04. The molecule has 2 amide bonds. The lowest BCUT2D eigenvalue weighted by Gasteiger charge is -2.57. The third kappa shape index (κ3) is 5.17. The number of nitrogens with zero attached hydrogens (tertiary/aromatic N) is 5. The number of rotatable bonds is 5. The molecular formula is C27H47N5O2. The van der Waals surface area contributed by atoms with Crippen LogP contribution >= 0.6 is 0 Å². The van der Waals surface area contributed by atoms with Crippen molar-refractivity contribution in [3.05, 3.63) is 0 Å². The first-order valence-corrected chi connectivity index (χ1v) is 14.2. The average Bonchev–Trinajstić information content (AvgIpc) is 2.86. The summed E-state index contributed by atoms with van der Waals surface area (Å²) in [6, 6.07) is 1.70. The number of hydrogen-bond donors (Lipinski definition) is 0. The predicted molar refractivity (Wildman–Crippen MR) is 135 cm³/mol. The molecule has 0 spiro atoms. The van der Waals surface area contributed by atoms with Gasteiger partial charge in [-0.1, -0.05) is 0 Å². The molecule has 5 rings (SSSR count). The van der Waals surface area contributed by atoms with Crippen LogP contribution in [0.4, 0.5) is 0 Å². The van der Waals surface area contributed by atoms with E-state index in [1.165, 1.54) is 64.7 Å². The molecular weight excluding hydrogens is 426 g/mol. The molecule has 0 radical (unpaired) electrons. The maximum atomic E-state index is 13.0. The van der Waals surface area contributed by atoms with E-state index in [-0.39, 0.29) is 5.91 Å². The minimum Gasteiger partial charge on any atom is -0.340 e. The van der Waals surface area contributed by atoms with Crippen LogP contribution in [-0.2, 0) is 9.59 Å². The summed E-state index contributed by atoms with van der Waals surface area (Å²) in [6.45, 7) is 11.4. The highest BCUT2D eigenvalue weighted by Crippen LogP contribution is 2.43. The van der Waals surface area contributed by atoms with Crippen molar-refractivity contribution in [3.63, 3.8) is 0 Å². The summed E-state index contributed by atoms with van der Waals surface area (Å²) < 4.78 is 0. The zero-order chi connectivity index (χ0) is 23.7. The van der Waals surface area contributed by atoms with Crippen LogP contribution in [0.15, 0.2) is 0 Å². The molecule has 0 aromatic heterocycles. The molecule has 0 aromatic rings. The number of carbonyl (C=O) groups is 2. The highest BCUT2D eigenvalue weighted by Gasteiger charge is 2.48. The fourth-order valence-electron chi connectivity index (χ4n) is 8.04. The number of likely N-dealkylation sites (tertiary alicyclic amines) is 2. The lowest BCUT2D eigenvalue weighted by molar-refractivity contribution is -0.144. The van der Waals surface area contributed by atoms with Crippen molar-refractivity contribution in [3.8, 4) is 0 Å². The Kier molecular flexibility index (Phi) is 7.81. The monoisotopic (exact) mass is 473 g/mol. The summed E-state index contributed by atoms with van der Waals surface area (Å²) in [6.07, 6.45) is 10.1. The fraction of sp³-hybridized carbons (Fsp3) is 0.926. The van der Waals surface area contributed by atoms with Gasteiger partial charge in [0.15, 0.2) is 0 Å². The number of hydrogen-bond acceptors (Lipinski definition) is 5. The predicted octanol–water partition coefficient (Wildman–Crippen LogP) is 2.12. The lowest BCUT2D eigenvalue weighted by atomic mass is 9.69. The van der Waals surface area contributed by atoms with Gasteiger partial charge in [-0.25, -0.2) is 0 Å². The van der Waals surface area contributed by atoms with Crippen LogP contribution in [0.1, 0.15) is 64.7 Å². The van der Waals surface area contributed by atoms with Gasteiger partial charge >= 0.3 is 0 Å². The van der Waals surface area contributed by atoms with Gasteiger partial charge in [0.25, 0.3) is 0 Å². The molecule has 7 nitrogen and oxygen atoms in total. The van der Waals surface area contributed by atoms with Crippen LogP contribution in [0, 0.1) is 11.8 Å². The van der Waals surface area contributed by atoms with E-state index in [2.05, 4.69) is 31.5 Å². The van der Waals surface area contributed by atoms with E-state index < -0.39 is 0 Å². The number of piperazine rings is 1. The molecule has 0 N–H and O–H groups in total. The Hall–Kier alpha value is -1.18. The van der Waals surface area contributed by atoms with Crippen molar-refractivity contribution in [1.29, 1.82) is 0 Å². The van der Waals surface area contributed by atoms with Crippen molar-refractivity contribution in [2.45, 2.75) is 82.8 Å². The number of amides is 2. The molecule has 5 heterocycles. The van der Waals surface area contributed by atoms with E-state index >= 15 is 0 Å². The third-order valence-corrected chi connectivity index (χ3v) is 9.84. The van der Waals surface area contributed by atoms with Gasteiger partial charge in [-0.3, -0.25) is 19.4 Å². The molecule has 0 bridgehead atoms. The van der Waals surface area contributed by atoms with Crippen molar-refractivity contribution in [1.82, 2.24) is 24.5 Å². The van der Waals surface area contributed by atoms with Crippen molar-refractivity contribution < 1.29 is 9.59 Å². The largest absolute Gasteiger partial charge is 0.340 e. The first kappa shape index (κ1) is 24.5. The lowest BCUT2D eigenvalue weighted by Crippen LogP contribution is -2.65. The molecule has 0 aliphatic carbocycles. The minimum atomic E-state index is 0.238. The smallest absolute Gasteiger partial charge is 0.222 e. The van der Waals surface area contributed by atoms with E-state index in [1.54, 1.807) is 6.92 Å². The Labute approximate surface area is 206 Å². The van der Waals surface area contributed by atoms with Gasteiger partial charge < -0.3 is 14.7 Å². The summed E-state index contributed by atoms with van der Waals surface area (Å²) in [5.74, 6) is 1.82. The van der Waals surface area contributed by atoms with Crippen molar-refractivity contribution >= 4 is 11.8 Å². The van der Waals surface area contributed by atoms with Gasteiger partial charge in [-0.2, -0.15) is 0 Å². The summed E-state index contributed by atoms with van der Waals surface area (Å²) in [5.41, 5.74) is 0. The molecule has 5 fully saturated rings. The average molecular weight is 474 g/mol. The van der Waals surface area contributed by atoms with Crippen molar-refractivity contribution in [2.75, 3.05) is 66.0 Å². The normalized spacial score (nSPS) is 34.2. The summed E-state index contributed by atoms with van der Waals surface area (Å²) in [4.78, 5) is 37.7. The standard InChI is InChI=1S/C27H47N5O2/c1-21(33)32-20-22-6-4-12-31-13-5-7-24(27(22)31)25(32)8-3-9-26(34)30-18-16-29(17-19-30)23-10-14-28(2)15-11-23/h22-25,27H,3-20H2,1-2H3/t22-,24+,25+,27-/m0/s1. The molecule has 0 unspecified atom stereocenters. The Morgan fingerprint density at radius 2 is 1.53 bits per heavy atom. The maximum Gasteiger partial charge on any atom is 0.222 e. The van der Waals surface area contributed by atoms with Crippen molar-refractivity contribution in [2.24, 2.45) is 11.8 Å². The van der Waals surface area contributed by atoms with Crippen LogP contribution in [0.5, 0.6) is 0 Å². The van der Waals surface area contributed by atoms with E-state index in [0.717, 1.165) is 45.6 Å². The molecule has 34 heavy (non-hydrogen) atoms. The Bertz CT molecular complexity index is 714. The number of piperidine rings is 4. The number of carbonyl (C=O) groups excluding carboxylic acids is 2. The van der Waals surface area contributed by atoms with E-state index in [1.807, 2.05) is 0 Å². The van der Waals surface area contributed by atoms with E-state index in [0.29, 0.717) is 42.3 Å². The summed E-state index contributed by atoms with van der Waals surface area (Å²) in [5, 5.41) is 0. The van der Waals surface area contributed by atoms with Crippen LogP contribution < -0.4 is 0 Å². The third-order valence-electron chi connectivity index (χ3n) is 9.84. The van der Waals surface area contributed by atoms with Gasteiger partial charge in [-0.15, -0.1) is 0 Å². The van der Waals surface area contributed by atoms with Gasteiger partial charge in [0.1, 0.15) is 0 Å². The van der Waals surface area contributed by atoms with Gasteiger partial charge in [0, 0.05) is 64.2 Å². The van der Waals surface area contributed by atoms with Crippen LogP contribution in [0.2, 0.25) is 0 Å². The SMILES string of the molecule is CC(=O)N1C[C@@H]2CCCN3CCC[C@@H]([C@H]23)[C@H]1CCCC(=O)N1CCN(C2CCN(C)CC2)CC1. The topological polar surface area (TPSA) is 50.3 Å². The van der Waals surface area contributed by atoms with E-state index in [4.69, 9.17) is 0 Å². The summed E-state index contributed by atoms with van der Waals surface area (Å²) >= 11 is 0. The minimum absolute atomic E-state index is 0.238. The van der Waals surface area contributed by atoms with Gasteiger partial charge in [0.05, 0.1) is 0 Å². The second-order valence-corrected chi connectivity index (χ2v) is 11.8. The maximum absolute atomic E-state index is 13.0. The molecule has 0 saturated carbocycles. The first-order chi connectivity index (χ1) is 16.5. The zero-order valence-electron chi connectivity index (χ0n) is 21.7. The van der Waals surface area contributed by atoms with Gasteiger partial charge in [-0.05, 0) is 96.4 Å². The molecule has 192 valence electrons.